The Hall–Kier alpha value is -2.08. The number of rotatable bonds is 4. The van der Waals surface area contributed by atoms with E-state index < -0.39 is 5.97 Å². The molecule has 1 rings (SSSR count). The van der Waals surface area contributed by atoms with Crippen LogP contribution in [-0.4, -0.2) is 19.1 Å². The predicted octanol–water partition coefficient (Wildman–Crippen LogP) is 2.16. The quantitative estimate of drug-likeness (QED) is 0.323. The van der Waals surface area contributed by atoms with Gasteiger partial charge < -0.3 is 9.58 Å². The number of nitrogens with zero attached hydrogens (tertiary/aromatic N) is 1. The van der Waals surface area contributed by atoms with Gasteiger partial charge in [-0.15, -0.1) is 0 Å². The van der Waals surface area contributed by atoms with Crippen LogP contribution in [0.2, 0.25) is 0 Å². The summed E-state index contributed by atoms with van der Waals surface area (Å²) >= 11 is 0. The summed E-state index contributed by atoms with van der Waals surface area (Å²) in [6, 6.07) is 9.10. The maximum absolute atomic E-state index is 11.4. The second-order valence-electron chi connectivity index (χ2n) is 2.86. The van der Waals surface area contributed by atoms with E-state index in [1.54, 1.807) is 12.1 Å². The highest BCUT2D eigenvalue weighted by molar-refractivity contribution is 6.15. The minimum absolute atomic E-state index is 0.119. The summed E-state index contributed by atoms with van der Waals surface area (Å²) in [6.45, 7) is 10.5. The Morgan fingerprint density at radius 1 is 1.40 bits per heavy atom. The van der Waals surface area contributed by atoms with E-state index >= 15 is 0 Å². The van der Waals surface area contributed by atoms with E-state index in [0.29, 0.717) is 5.57 Å². The SMILES string of the molecule is [C-]#[N+]CCOC(=O)C(=C)c1ccccc1. The van der Waals surface area contributed by atoms with Gasteiger partial charge in [-0.2, -0.15) is 0 Å². The van der Waals surface area contributed by atoms with Gasteiger partial charge in [0.05, 0.1) is 5.57 Å². The van der Waals surface area contributed by atoms with Gasteiger partial charge >= 0.3 is 5.97 Å². The van der Waals surface area contributed by atoms with Crippen molar-refractivity contribution in [2.45, 2.75) is 0 Å². The van der Waals surface area contributed by atoms with E-state index in [2.05, 4.69) is 11.4 Å². The van der Waals surface area contributed by atoms with Crippen molar-refractivity contribution in [3.05, 3.63) is 53.9 Å². The van der Waals surface area contributed by atoms with Gasteiger partial charge in [-0.1, -0.05) is 36.9 Å². The van der Waals surface area contributed by atoms with Gasteiger partial charge in [-0.25, -0.2) is 11.4 Å². The molecule has 0 N–H and O–H groups in total. The third kappa shape index (κ3) is 3.28. The maximum Gasteiger partial charge on any atom is 0.338 e. The molecule has 0 spiro atoms. The maximum atomic E-state index is 11.4. The molecule has 1 aromatic carbocycles. The van der Waals surface area contributed by atoms with Crippen LogP contribution in [0, 0.1) is 6.57 Å². The number of ether oxygens (including phenoxy) is 1. The molecule has 0 aliphatic carbocycles. The first-order chi connectivity index (χ1) is 7.25. The summed E-state index contributed by atoms with van der Waals surface area (Å²) in [5.74, 6) is -0.468. The molecule has 0 aliphatic heterocycles. The van der Waals surface area contributed by atoms with Crippen LogP contribution in [0.5, 0.6) is 0 Å². The Balaban J connectivity index is 2.55. The van der Waals surface area contributed by atoms with E-state index in [1.165, 1.54) is 0 Å². The molecule has 3 nitrogen and oxygen atoms in total. The molecule has 0 heterocycles. The summed E-state index contributed by atoms with van der Waals surface area (Å²) < 4.78 is 4.85. The van der Waals surface area contributed by atoms with Crippen molar-refractivity contribution in [3.63, 3.8) is 0 Å². The summed E-state index contributed by atoms with van der Waals surface area (Å²) in [5, 5.41) is 0. The molecular formula is C12H11NO2. The minimum Gasteiger partial charge on any atom is -0.454 e. The fourth-order valence-corrected chi connectivity index (χ4v) is 1.03. The average molecular weight is 201 g/mol. The average Bonchev–Trinajstić information content (AvgIpc) is 2.29. The van der Waals surface area contributed by atoms with Gasteiger partial charge in [0, 0.05) is 0 Å². The van der Waals surface area contributed by atoms with Crippen molar-refractivity contribution in [3.8, 4) is 0 Å². The van der Waals surface area contributed by atoms with Gasteiger partial charge in [-0.05, 0) is 5.56 Å². The van der Waals surface area contributed by atoms with Gasteiger partial charge in [0.25, 0.3) is 0 Å². The molecule has 0 bridgehead atoms. The monoisotopic (exact) mass is 201 g/mol. The Bertz CT molecular complexity index is 390. The summed E-state index contributed by atoms with van der Waals surface area (Å²) in [5.41, 5.74) is 1.06. The molecule has 0 aromatic heterocycles. The molecule has 0 aliphatic rings. The number of carbonyl (C=O) groups is 1. The summed E-state index contributed by atoms with van der Waals surface area (Å²) in [4.78, 5) is 14.5. The van der Waals surface area contributed by atoms with E-state index in [4.69, 9.17) is 11.3 Å². The van der Waals surface area contributed by atoms with Crippen molar-refractivity contribution < 1.29 is 9.53 Å². The van der Waals surface area contributed by atoms with Crippen LogP contribution in [0.25, 0.3) is 10.4 Å². The Kier molecular flexibility index (Phi) is 4.11. The Labute approximate surface area is 88.8 Å². The highest BCUT2D eigenvalue weighted by Gasteiger charge is 2.10. The van der Waals surface area contributed by atoms with Crippen molar-refractivity contribution in [1.29, 1.82) is 0 Å². The van der Waals surface area contributed by atoms with Gasteiger partial charge in [0.1, 0.15) is 0 Å². The molecule has 1 aromatic rings. The number of benzene rings is 1. The standard InChI is InChI=1S/C12H11NO2/c1-10(11-6-4-3-5-7-11)12(14)15-9-8-13-2/h3-7H,1,8-9H2. The molecule has 0 saturated heterocycles. The molecular weight excluding hydrogens is 190 g/mol. The largest absolute Gasteiger partial charge is 0.454 e. The molecule has 0 radical (unpaired) electrons. The van der Waals surface area contributed by atoms with E-state index in [1.807, 2.05) is 18.2 Å². The Morgan fingerprint density at radius 2 is 2.07 bits per heavy atom. The van der Waals surface area contributed by atoms with Crippen molar-refractivity contribution in [2.75, 3.05) is 13.2 Å². The van der Waals surface area contributed by atoms with E-state index in [9.17, 15) is 4.79 Å². The summed E-state index contributed by atoms with van der Waals surface area (Å²) in [6.07, 6.45) is 0. The summed E-state index contributed by atoms with van der Waals surface area (Å²) in [7, 11) is 0. The van der Waals surface area contributed by atoms with Crippen LogP contribution in [0.4, 0.5) is 0 Å². The molecule has 0 amide bonds. The lowest BCUT2D eigenvalue weighted by Crippen LogP contribution is -2.08. The smallest absolute Gasteiger partial charge is 0.338 e. The Morgan fingerprint density at radius 3 is 2.67 bits per heavy atom. The lowest BCUT2D eigenvalue weighted by Gasteiger charge is -2.04. The first-order valence-corrected chi connectivity index (χ1v) is 4.50. The van der Waals surface area contributed by atoms with Crippen molar-refractivity contribution in [1.82, 2.24) is 0 Å². The third-order valence-corrected chi connectivity index (χ3v) is 1.80. The lowest BCUT2D eigenvalue weighted by molar-refractivity contribution is -0.136. The van der Waals surface area contributed by atoms with Crippen molar-refractivity contribution in [2.24, 2.45) is 0 Å². The van der Waals surface area contributed by atoms with E-state index in [0.717, 1.165) is 5.56 Å². The number of esters is 1. The molecule has 76 valence electrons. The second-order valence-corrected chi connectivity index (χ2v) is 2.86. The number of hydrogen-bond acceptors (Lipinski definition) is 2. The molecule has 0 fully saturated rings. The minimum atomic E-state index is -0.468. The van der Waals surface area contributed by atoms with Crippen LogP contribution in [-0.2, 0) is 9.53 Å². The highest BCUT2D eigenvalue weighted by Crippen LogP contribution is 2.12. The zero-order valence-corrected chi connectivity index (χ0v) is 8.27. The fraction of sp³-hybridized carbons (Fsp3) is 0.167. The number of hydrogen-bond donors (Lipinski definition) is 0. The van der Waals surface area contributed by atoms with Gasteiger partial charge in [-0.3, -0.25) is 0 Å². The highest BCUT2D eigenvalue weighted by atomic mass is 16.5. The topological polar surface area (TPSA) is 30.7 Å². The lowest BCUT2D eigenvalue weighted by atomic mass is 10.1. The normalized spacial score (nSPS) is 9.00. The van der Waals surface area contributed by atoms with Crippen molar-refractivity contribution >= 4 is 11.5 Å². The molecule has 0 saturated carbocycles. The van der Waals surface area contributed by atoms with Crippen LogP contribution in [0.15, 0.2) is 36.9 Å². The van der Waals surface area contributed by atoms with Gasteiger partial charge in [0.2, 0.25) is 6.54 Å². The molecule has 0 atom stereocenters. The number of carbonyl (C=O) groups excluding carboxylic acids is 1. The second kappa shape index (κ2) is 5.61. The first kappa shape index (κ1) is 11.0. The van der Waals surface area contributed by atoms with Crippen LogP contribution < -0.4 is 0 Å². The predicted molar refractivity (Wildman–Crippen MR) is 57.9 cm³/mol. The molecule has 0 unspecified atom stereocenters. The first-order valence-electron chi connectivity index (χ1n) is 4.50. The van der Waals surface area contributed by atoms with Crippen LogP contribution in [0.3, 0.4) is 0 Å². The molecule has 15 heavy (non-hydrogen) atoms. The zero-order chi connectivity index (χ0) is 11.1. The van der Waals surface area contributed by atoms with E-state index in [-0.39, 0.29) is 13.2 Å². The zero-order valence-electron chi connectivity index (χ0n) is 8.27. The van der Waals surface area contributed by atoms with Gasteiger partial charge in [0.15, 0.2) is 6.61 Å². The molecule has 3 heteroatoms. The third-order valence-electron chi connectivity index (χ3n) is 1.80. The van der Waals surface area contributed by atoms with Crippen LogP contribution in [0.1, 0.15) is 5.56 Å². The fourth-order valence-electron chi connectivity index (χ4n) is 1.03. The van der Waals surface area contributed by atoms with Crippen LogP contribution >= 0.6 is 0 Å².